The van der Waals surface area contributed by atoms with Gasteiger partial charge in [0.2, 0.25) is 5.89 Å². The van der Waals surface area contributed by atoms with Crippen molar-refractivity contribution in [1.82, 2.24) is 4.98 Å². The van der Waals surface area contributed by atoms with E-state index in [1.165, 1.54) is 0 Å². The first-order valence-corrected chi connectivity index (χ1v) is 5.01. The molecular weight excluding hydrogens is 178 g/mol. The zero-order chi connectivity index (χ0) is 10.4. The van der Waals surface area contributed by atoms with Gasteiger partial charge in [0, 0.05) is 13.0 Å². The highest BCUT2D eigenvalue weighted by atomic mass is 16.4. The Balaban J connectivity index is 2.65. The van der Waals surface area contributed by atoms with Crippen molar-refractivity contribution >= 4 is 6.08 Å². The van der Waals surface area contributed by atoms with Crippen LogP contribution in [-0.2, 0) is 6.42 Å². The molecule has 0 amide bonds. The first-order valence-electron chi connectivity index (χ1n) is 5.01. The van der Waals surface area contributed by atoms with E-state index in [1.54, 1.807) is 0 Å². The Kier molecular flexibility index (Phi) is 4.40. The van der Waals surface area contributed by atoms with Crippen LogP contribution in [0.1, 0.15) is 37.1 Å². The maximum atomic E-state index is 8.77. The third-order valence-electron chi connectivity index (χ3n) is 1.97. The molecule has 1 rings (SSSR count). The number of oxazole rings is 1. The van der Waals surface area contributed by atoms with Gasteiger partial charge in [0.05, 0.1) is 5.69 Å². The minimum Gasteiger partial charge on any atom is -0.442 e. The number of aromatic nitrogens is 1. The summed E-state index contributed by atoms with van der Waals surface area (Å²) in [6.07, 6.45) is 6.67. The van der Waals surface area contributed by atoms with Crippen LogP contribution in [0.2, 0.25) is 0 Å². The highest BCUT2D eigenvalue weighted by Crippen LogP contribution is 2.11. The molecule has 0 saturated carbocycles. The minimum absolute atomic E-state index is 0.117. The lowest BCUT2D eigenvalue weighted by Gasteiger charge is -1.88. The molecule has 3 heteroatoms. The van der Waals surface area contributed by atoms with E-state index in [-0.39, 0.29) is 6.61 Å². The van der Waals surface area contributed by atoms with Crippen LogP contribution in [0, 0.1) is 6.92 Å². The highest BCUT2D eigenvalue weighted by molar-refractivity contribution is 5.38. The first kappa shape index (κ1) is 11.0. The summed E-state index contributed by atoms with van der Waals surface area (Å²) in [6.45, 7) is 4.11. The number of hydrogen-bond acceptors (Lipinski definition) is 3. The van der Waals surface area contributed by atoms with Crippen molar-refractivity contribution in [2.24, 2.45) is 0 Å². The summed E-state index contributed by atoms with van der Waals surface area (Å²) in [5.41, 5.74) is 0.851. The van der Waals surface area contributed by atoms with E-state index in [1.807, 2.05) is 19.1 Å². The van der Waals surface area contributed by atoms with Crippen LogP contribution in [0.4, 0.5) is 0 Å². The number of nitrogens with zero attached hydrogens (tertiary/aromatic N) is 1. The lowest BCUT2D eigenvalue weighted by molar-refractivity contribution is 0.297. The van der Waals surface area contributed by atoms with Crippen LogP contribution < -0.4 is 0 Å². The molecule has 0 atom stereocenters. The van der Waals surface area contributed by atoms with E-state index in [4.69, 9.17) is 9.52 Å². The third-order valence-corrected chi connectivity index (χ3v) is 1.97. The standard InChI is InChI=1S/C11H17NO2/c1-3-4-5-6-11-12-10(7-8-13)9(2)14-11/h5-6,13H,3-4,7-8H2,1-2H3/b6-5+. The van der Waals surface area contributed by atoms with Crippen LogP contribution in [0.25, 0.3) is 6.08 Å². The quantitative estimate of drug-likeness (QED) is 0.784. The molecule has 1 aromatic rings. The second-order valence-corrected chi connectivity index (χ2v) is 3.22. The second-order valence-electron chi connectivity index (χ2n) is 3.22. The van der Waals surface area contributed by atoms with Gasteiger partial charge in [-0.25, -0.2) is 4.98 Å². The molecular formula is C11H17NO2. The Morgan fingerprint density at radius 1 is 1.50 bits per heavy atom. The van der Waals surface area contributed by atoms with E-state index in [0.29, 0.717) is 12.3 Å². The normalized spacial score (nSPS) is 11.4. The van der Waals surface area contributed by atoms with E-state index < -0.39 is 0 Å². The van der Waals surface area contributed by atoms with Gasteiger partial charge in [-0.1, -0.05) is 19.4 Å². The predicted molar refractivity (Wildman–Crippen MR) is 56.0 cm³/mol. The molecule has 0 saturated heterocycles. The zero-order valence-electron chi connectivity index (χ0n) is 8.79. The van der Waals surface area contributed by atoms with Crippen molar-refractivity contribution in [2.45, 2.75) is 33.1 Å². The summed E-state index contributed by atoms with van der Waals surface area (Å²) in [7, 11) is 0. The van der Waals surface area contributed by atoms with Crippen molar-refractivity contribution in [3.8, 4) is 0 Å². The van der Waals surface area contributed by atoms with E-state index in [2.05, 4.69) is 11.9 Å². The molecule has 3 nitrogen and oxygen atoms in total. The molecule has 78 valence electrons. The average molecular weight is 195 g/mol. The minimum atomic E-state index is 0.117. The molecule has 0 unspecified atom stereocenters. The summed E-state index contributed by atoms with van der Waals surface area (Å²) in [4.78, 5) is 4.26. The van der Waals surface area contributed by atoms with Gasteiger partial charge in [-0.3, -0.25) is 0 Å². The summed E-state index contributed by atoms with van der Waals surface area (Å²) < 4.78 is 5.40. The molecule has 0 fully saturated rings. The molecule has 0 aliphatic carbocycles. The number of unbranched alkanes of at least 4 members (excludes halogenated alkanes) is 1. The van der Waals surface area contributed by atoms with Crippen LogP contribution in [0.5, 0.6) is 0 Å². The van der Waals surface area contributed by atoms with Crippen molar-refractivity contribution in [3.05, 3.63) is 23.4 Å². The Morgan fingerprint density at radius 2 is 2.29 bits per heavy atom. The van der Waals surface area contributed by atoms with Crippen molar-refractivity contribution in [3.63, 3.8) is 0 Å². The van der Waals surface area contributed by atoms with Gasteiger partial charge in [-0.15, -0.1) is 0 Å². The van der Waals surface area contributed by atoms with E-state index in [0.717, 1.165) is 24.3 Å². The van der Waals surface area contributed by atoms with Crippen molar-refractivity contribution in [1.29, 1.82) is 0 Å². The van der Waals surface area contributed by atoms with Crippen molar-refractivity contribution in [2.75, 3.05) is 6.61 Å². The maximum Gasteiger partial charge on any atom is 0.218 e. The largest absolute Gasteiger partial charge is 0.442 e. The average Bonchev–Trinajstić information content (AvgIpc) is 2.49. The zero-order valence-corrected chi connectivity index (χ0v) is 8.79. The van der Waals surface area contributed by atoms with E-state index >= 15 is 0 Å². The fourth-order valence-corrected chi connectivity index (χ4v) is 1.21. The maximum absolute atomic E-state index is 8.77. The van der Waals surface area contributed by atoms with Gasteiger partial charge in [0.15, 0.2) is 0 Å². The first-order chi connectivity index (χ1) is 6.77. The molecule has 1 aromatic heterocycles. The molecule has 1 heterocycles. The fourth-order valence-electron chi connectivity index (χ4n) is 1.21. The van der Waals surface area contributed by atoms with Gasteiger partial charge < -0.3 is 9.52 Å². The number of aliphatic hydroxyl groups excluding tert-OH is 1. The third kappa shape index (κ3) is 3.00. The van der Waals surface area contributed by atoms with E-state index in [9.17, 15) is 0 Å². The predicted octanol–water partition coefficient (Wildman–Crippen LogP) is 2.33. The molecule has 0 aliphatic heterocycles. The number of aryl methyl sites for hydroxylation is 1. The molecule has 1 N–H and O–H groups in total. The molecule has 0 radical (unpaired) electrons. The van der Waals surface area contributed by atoms with Crippen LogP contribution >= 0.6 is 0 Å². The van der Waals surface area contributed by atoms with Crippen LogP contribution in [0.3, 0.4) is 0 Å². The summed E-state index contributed by atoms with van der Waals surface area (Å²) in [5, 5.41) is 8.77. The lowest BCUT2D eigenvalue weighted by Crippen LogP contribution is -1.92. The fraction of sp³-hybridized carbons (Fsp3) is 0.545. The Labute approximate surface area is 84.5 Å². The number of aliphatic hydroxyl groups is 1. The van der Waals surface area contributed by atoms with Gasteiger partial charge in [-0.05, 0) is 19.4 Å². The summed E-state index contributed by atoms with van der Waals surface area (Å²) in [5.74, 6) is 1.44. The van der Waals surface area contributed by atoms with Gasteiger partial charge in [0.25, 0.3) is 0 Å². The van der Waals surface area contributed by atoms with Crippen LogP contribution in [0.15, 0.2) is 10.5 Å². The Hall–Kier alpha value is -1.09. The summed E-state index contributed by atoms with van der Waals surface area (Å²) in [6, 6.07) is 0. The summed E-state index contributed by atoms with van der Waals surface area (Å²) >= 11 is 0. The SMILES string of the molecule is CCC/C=C/c1nc(CCO)c(C)o1. The molecule has 0 aliphatic rings. The molecule has 0 aromatic carbocycles. The van der Waals surface area contributed by atoms with Gasteiger partial charge in [0.1, 0.15) is 5.76 Å². The van der Waals surface area contributed by atoms with Crippen molar-refractivity contribution < 1.29 is 9.52 Å². The number of hydrogen-bond donors (Lipinski definition) is 1. The molecule has 14 heavy (non-hydrogen) atoms. The molecule has 0 spiro atoms. The topological polar surface area (TPSA) is 46.3 Å². The van der Waals surface area contributed by atoms with Crippen LogP contribution in [-0.4, -0.2) is 16.7 Å². The Morgan fingerprint density at radius 3 is 2.93 bits per heavy atom. The number of rotatable bonds is 5. The van der Waals surface area contributed by atoms with Gasteiger partial charge >= 0.3 is 0 Å². The second kappa shape index (κ2) is 5.60. The molecule has 0 bridgehead atoms. The highest BCUT2D eigenvalue weighted by Gasteiger charge is 2.05. The monoisotopic (exact) mass is 195 g/mol. The number of allylic oxidation sites excluding steroid dienone is 1. The Bertz CT molecular complexity index is 302. The lowest BCUT2D eigenvalue weighted by atomic mass is 10.3. The van der Waals surface area contributed by atoms with Gasteiger partial charge in [-0.2, -0.15) is 0 Å². The smallest absolute Gasteiger partial charge is 0.218 e.